The van der Waals surface area contributed by atoms with E-state index in [4.69, 9.17) is 21.4 Å². The molecule has 3 aromatic carbocycles. The third-order valence-electron chi connectivity index (χ3n) is 5.52. The van der Waals surface area contributed by atoms with Gasteiger partial charge in [-0.3, -0.25) is 10.1 Å². The topological polar surface area (TPSA) is 89.3 Å². The summed E-state index contributed by atoms with van der Waals surface area (Å²) in [5.74, 6) is 0.575. The normalized spacial score (nSPS) is 10.9. The maximum absolute atomic E-state index is 13.0. The zero-order valence-electron chi connectivity index (χ0n) is 18.5. The molecule has 0 saturated carbocycles. The van der Waals surface area contributed by atoms with Crippen molar-refractivity contribution in [1.29, 1.82) is 0 Å². The van der Waals surface area contributed by atoms with Crippen LogP contribution in [0.25, 0.3) is 33.5 Å². The number of hydrogen-bond acceptors (Lipinski definition) is 6. The number of carbonyl (C=O) groups excluding carboxylic acids is 1. The van der Waals surface area contributed by atoms with Crippen molar-refractivity contribution in [1.82, 2.24) is 15.3 Å². The zero-order chi connectivity index (χ0) is 23.7. The summed E-state index contributed by atoms with van der Waals surface area (Å²) in [6.45, 7) is 1.93. The zero-order valence-corrected chi connectivity index (χ0v) is 19.3. The molecule has 168 valence electrons. The molecule has 0 spiro atoms. The highest BCUT2D eigenvalue weighted by atomic mass is 32.1. The SMILES string of the molecule is COc1cc2ccccc2cc1C(=O)NC(=S)Nc1cccc(-c2nc3ncccc3o2)c1C. The van der Waals surface area contributed by atoms with Gasteiger partial charge in [-0.15, -0.1) is 0 Å². The van der Waals surface area contributed by atoms with E-state index < -0.39 is 0 Å². The van der Waals surface area contributed by atoms with E-state index in [-0.39, 0.29) is 11.0 Å². The number of hydrogen-bond donors (Lipinski definition) is 2. The predicted octanol–water partition coefficient (Wildman–Crippen LogP) is 5.49. The van der Waals surface area contributed by atoms with Crippen LogP contribution in [0.4, 0.5) is 5.69 Å². The Morgan fingerprint density at radius 3 is 2.59 bits per heavy atom. The van der Waals surface area contributed by atoms with Crippen LogP contribution >= 0.6 is 12.2 Å². The number of thiocarbonyl (C=S) groups is 1. The number of amides is 1. The van der Waals surface area contributed by atoms with Crippen LogP contribution in [0.5, 0.6) is 5.75 Å². The second-order valence-electron chi connectivity index (χ2n) is 7.63. The van der Waals surface area contributed by atoms with Crippen molar-refractivity contribution in [2.24, 2.45) is 0 Å². The fraction of sp³-hybridized carbons (Fsp3) is 0.0769. The Hall–Kier alpha value is -4.30. The van der Waals surface area contributed by atoms with Crippen molar-refractivity contribution in [2.75, 3.05) is 12.4 Å². The lowest BCUT2D eigenvalue weighted by atomic mass is 10.1. The molecule has 2 heterocycles. The number of fused-ring (bicyclic) bond motifs is 2. The highest BCUT2D eigenvalue weighted by Gasteiger charge is 2.17. The van der Waals surface area contributed by atoms with Gasteiger partial charge in [-0.25, -0.2) is 4.98 Å². The molecule has 0 atom stereocenters. The summed E-state index contributed by atoms with van der Waals surface area (Å²) in [5, 5.41) is 7.93. The Kier molecular flexibility index (Phi) is 5.65. The van der Waals surface area contributed by atoms with Gasteiger partial charge in [0.1, 0.15) is 5.75 Å². The summed E-state index contributed by atoms with van der Waals surface area (Å²) < 4.78 is 11.3. The first-order valence-corrected chi connectivity index (χ1v) is 10.9. The molecule has 0 fully saturated rings. The molecular weight excluding hydrogens is 448 g/mol. The van der Waals surface area contributed by atoms with E-state index in [0.29, 0.717) is 28.4 Å². The number of aromatic nitrogens is 2. The monoisotopic (exact) mass is 468 g/mol. The maximum atomic E-state index is 13.0. The van der Waals surface area contributed by atoms with Gasteiger partial charge in [0, 0.05) is 17.4 Å². The molecule has 0 unspecified atom stereocenters. The number of ether oxygens (including phenoxy) is 1. The van der Waals surface area contributed by atoms with Crippen LogP contribution in [-0.4, -0.2) is 28.1 Å². The van der Waals surface area contributed by atoms with Crippen molar-refractivity contribution in [2.45, 2.75) is 6.92 Å². The summed E-state index contributed by atoms with van der Waals surface area (Å²) in [6, 6.07) is 20.7. The first kappa shape index (κ1) is 21.5. The molecule has 2 N–H and O–H groups in total. The molecule has 34 heavy (non-hydrogen) atoms. The fourth-order valence-corrected chi connectivity index (χ4v) is 3.98. The summed E-state index contributed by atoms with van der Waals surface area (Å²) >= 11 is 5.43. The molecule has 5 rings (SSSR count). The molecule has 0 saturated heterocycles. The molecule has 0 aliphatic carbocycles. The van der Waals surface area contributed by atoms with Crippen LogP contribution in [0.3, 0.4) is 0 Å². The van der Waals surface area contributed by atoms with Gasteiger partial charge < -0.3 is 14.5 Å². The number of nitrogens with one attached hydrogen (secondary N) is 2. The third kappa shape index (κ3) is 4.06. The molecular formula is C26H20N4O3S. The van der Waals surface area contributed by atoms with E-state index in [9.17, 15) is 4.79 Å². The number of benzene rings is 3. The quantitative estimate of drug-likeness (QED) is 0.337. The molecule has 1 amide bonds. The van der Waals surface area contributed by atoms with Crippen LogP contribution in [0.2, 0.25) is 0 Å². The molecule has 7 nitrogen and oxygen atoms in total. The Morgan fingerprint density at radius 2 is 1.82 bits per heavy atom. The summed E-state index contributed by atoms with van der Waals surface area (Å²) in [7, 11) is 1.54. The van der Waals surface area contributed by atoms with Gasteiger partial charge in [0.25, 0.3) is 5.91 Å². The summed E-state index contributed by atoms with van der Waals surface area (Å²) in [4.78, 5) is 21.7. The van der Waals surface area contributed by atoms with E-state index in [2.05, 4.69) is 20.6 Å². The van der Waals surface area contributed by atoms with Crippen molar-refractivity contribution in [3.05, 3.63) is 84.1 Å². The van der Waals surface area contributed by atoms with Gasteiger partial charge in [0.15, 0.2) is 16.3 Å². The molecule has 0 bridgehead atoms. The molecule has 8 heteroatoms. The second kappa shape index (κ2) is 8.92. The Morgan fingerprint density at radius 1 is 1.03 bits per heavy atom. The second-order valence-corrected chi connectivity index (χ2v) is 8.04. The highest BCUT2D eigenvalue weighted by molar-refractivity contribution is 7.80. The fourth-order valence-electron chi connectivity index (χ4n) is 3.78. The first-order chi connectivity index (χ1) is 16.5. The Balaban J connectivity index is 1.37. The van der Waals surface area contributed by atoms with E-state index >= 15 is 0 Å². The number of carbonyl (C=O) groups is 1. The maximum Gasteiger partial charge on any atom is 0.261 e. The van der Waals surface area contributed by atoms with Crippen LogP contribution in [0.1, 0.15) is 15.9 Å². The largest absolute Gasteiger partial charge is 0.496 e. The average Bonchev–Trinajstić information content (AvgIpc) is 3.28. The molecule has 0 aliphatic heterocycles. The predicted molar refractivity (Wildman–Crippen MR) is 136 cm³/mol. The van der Waals surface area contributed by atoms with Gasteiger partial charge in [-0.2, -0.15) is 4.98 Å². The lowest BCUT2D eigenvalue weighted by Gasteiger charge is -2.15. The van der Waals surface area contributed by atoms with E-state index in [1.54, 1.807) is 18.3 Å². The molecule has 0 aliphatic rings. The third-order valence-corrected chi connectivity index (χ3v) is 5.72. The highest BCUT2D eigenvalue weighted by Crippen LogP contribution is 2.30. The number of nitrogens with zero attached hydrogens (tertiary/aromatic N) is 2. The van der Waals surface area contributed by atoms with Crippen LogP contribution < -0.4 is 15.4 Å². The van der Waals surface area contributed by atoms with Crippen molar-refractivity contribution in [3.63, 3.8) is 0 Å². The Labute approximate surface area is 200 Å². The van der Waals surface area contributed by atoms with Gasteiger partial charge in [-0.1, -0.05) is 30.3 Å². The van der Waals surface area contributed by atoms with Gasteiger partial charge >= 0.3 is 0 Å². The molecule has 0 radical (unpaired) electrons. The number of oxazole rings is 1. The smallest absolute Gasteiger partial charge is 0.261 e. The minimum absolute atomic E-state index is 0.166. The van der Waals surface area contributed by atoms with Gasteiger partial charge in [-0.05, 0) is 71.9 Å². The van der Waals surface area contributed by atoms with E-state index in [1.807, 2.05) is 61.5 Å². The number of anilines is 1. The van der Waals surface area contributed by atoms with Crippen molar-refractivity contribution >= 4 is 50.9 Å². The minimum atomic E-state index is -0.362. The van der Waals surface area contributed by atoms with Crippen LogP contribution in [0.15, 0.2) is 77.3 Å². The van der Waals surface area contributed by atoms with E-state index in [0.717, 1.165) is 27.6 Å². The van der Waals surface area contributed by atoms with Crippen molar-refractivity contribution < 1.29 is 13.9 Å². The minimum Gasteiger partial charge on any atom is -0.496 e. The summed E-state index contributed by atoms with van der Waals surface area (Å²) in [6.07, 6.45) is 1.67. The van der Waals surface area contributed by atoms with E-state index in [1.165, 1.54) is 7.11 Å². The van der Waals surface area contributed by atoms with Crippen LogP contribution in [-0.2, 0) is 0 Å². The Bertz CT molecular complexity index is 1530. The van der Waals surface area contributed by atoms with Gasteiger partial charge in [0.05, 0.1) is 12.7 Å². The number of rotatable bonds is 4. The van der Waals surface area contributed by atoms with Crippen molar-refractivity contribution in [3.8, 4) is 17.2 Å². The molecule has 5 aromatic rings. The molecule has 2 aromatic heterocycles. The standard InChI is InChI=1S/C26H20N4O3S/c1-15-18(25-29-23-21(33-25)11-6-12-27-23)9-5-10-20(15)28-26(34)30-24(31)19-13-16-7-3-4-8-17(16)14-22(19)32-2/h3-14H,1-2H3,(H2,28,30,31,34). The average molecular weight is 469 g/mol. The van der Waals surface area contributed by atoms with Gasteiger partial charge in [0.2, 0.25) is 5.89 Å². The number of methoxy groups -OCH3 is 1. The summed E-state index contributed by atoms with van der Waals surface area (Å²) in [5.41, 5.74) is 3.95. The van der Waals surface area contributed by atoms with Crippen LogP contribution in [0, 0.1) is 6.92 Å². The lowest BCUT2D eigenvalue weighted by Crippen LogP contribution is -2.34. The lowest BCUT2D eigenvalue weighted by molar-refractivity contribution is 0.0975. The first-order valence-electron chi connectivity index (χ1n) is 10.5. The number of pyridine rings is 1.